The lowest BCUT2D eigenvalue weighted by atomic mass is 10.1. The number of rotatable bonds is 4. The molecule has 1 saturated heterocycles. The van der Waals surface area contributed by atoms with E-state index in [1.54, 1.807) is 48.0 Å². The summed E-state index contributed by atoms with van der Waals surface area (Å²) in [6, 6.07) is 14.6. The third-order valence-electron chi connectivity index (χ3n) is 4.05. The number of hydrogen-bond acceptors (Lipinski definition) is 4. The van der Waals surface area contributed by atoms with Crippen molar-refractivity contribution < 1.29 is 9.53 Å². The van der Waals surface area contributed by atoms with Crippen molar-refractivity contribution in [1.82, 2.24) is 4.90 Å². The molecule has 1 fully saturated rings. The quantitative estimate of drug-likeness (QED) is 0.755. The number of halogens is 1. The number of thioether (sulfide) groups is 1. The van der Waals surface area contributed by atoms with Gasteiger partial charge in [0.2, 0.25) is 0 Å². The number of amidine groups is 1. The van der Waals surface area contributed by atoms with Gasteiger partial charge in [-0.3, -0.25) is 9.69 Å². The smallest absolute Gasteiger partial charge is 0.260 e. The Morgan fingerprint density at radius 2 is 1.92 bits per heavy atom. The highest BCUT2D eigenvalue weighted by atomic mass is 35.5. The molecule has 4 nitrogen and oxygen atoms in total. The van der Waals surface area contributed by atoms with E-state index in [1.807, 2.05) is 24.3 Å². The lowest BCUT2D eigenvalue weighted by Gasteiger charge is -2.23. The topological polar surface area (TPSA) is 41.9 Å². The summed E-state index contributed by atoms with van der Waals surface area (Å²) in [4.78, 5) is 19.5. The molecule has 1 atom stereocenters. The van der Waals surface area contributed by atoms with Crippen LogP contribution < -0.4 is 4.74 Å². The van der Waals surface area contributed by atoms with E-state index in [2.05, 4.69) is 11.9 Å². The van der Waals surface area contributed by atoms with Gasteiger partial charge in [-0.2, -0.15) is 0 Å². The first-order valence-corrected chi connectivity index (χ1v) is 9.43. The molecule has 3 rings (SSSR count). The number of nitrogens with zero attached hydrogens (tertiary/aromatic N) is 2. The van der Waals surface area contributed by atoms with E-state index in [0.717, 1.165) is 28.8 Å². The van der Waals surface area contributed by atoms with Crippen molar-refractivity contribution in [2.24, 2.45) is 4.99 Å². The van der Waals surface area contributed by atoms with Gasteiger partial charge in [0.25, 0.3) is 5.91 Å². The van der Waals surface area contributed by atoms with E-state index in [0.29, 0.717) is 10.6 Å². The second kappa shape index (κ2) is 7.93. The number of aliphatic imine (C=N–C) groups is 1. The number of benzene rings is 2. The van der Waals surface area contributed by atoms with Crippen LogP contribution in [0, 0.1) is 0 Å². The molecule has 0 aliphatic carbocycles. The molecule has 0 spiro atoms. The summed E-state index contributed by atoms with van der Waals surface area (Å²) in [6.07, 6.45) is 0.883. The molecule has 1 heterocycles. The van der Waals surface area contributed by atoms with Crippen molar-refractivity contribution in [3.05, 3.63) is 59.1 Å². The zero-order valence-corrected chi connectivity index (χ0v) is 15.7. The summed E-state index contributed by atoms with van der Waals surface area (Å²) in [7, 11) is 1.63. The van der Waals surface area contributed by atoms with E-state index < -0.39 is 0 Å². The van der Waals surface area contributed by atoms with Crippen LogP contribution in [0.1, 0.15) is 23.7 Å². The lowest BCUT2D eigenvalue weighted by Crippen LogP contribution is -2.39. The highest BCUT2D eigenvalue weighted by molar-refractivity contribution is 8.14. The molecule has 0 radical (unpaired) electrons. The van der Waals surface area contributed by atoms with Gasteiger partial charge in [-0.05, 0) is 55.0 Å². The SMILES string of the molecule is CC[C@@H]1CSC(=Nc2ccc(OC)cc2)N1C(=O)c1ccc(Cl)cc1. The highest BCUT2D eigenvalue weighted by Gasteiger charge is 2.34. The minimum Gasteiger partial charge on any atom is -0.497 e. The van der Waals surface area contributed by atoms with Crippen LogP contribution in [0.5, 0.6) is 5.75 Å². The second-order valence-electron chi connectivity index (χ2n) is 5.65. The van der Waals surface area contributed by atoms with Crippen molar-refractivity contribution in [2.75, 3.05) is 12.9 Å². The van der Waals surface area contributed by atoms with E-state index in [-0.39, 0.29) is 11.9 Å². The van der Waals surface area contributed by atoms with Gasteiger partial charge < -0.3 is 4.74 Å². The van der Waals surface area contributed by atoms with E-state index >= 15 is 0 Å². The molecule has 0 unspecified atom stereocenters. The Balaban J connectivity index is 1.90. The molecule has 1 aliphatic heterocycles. The van der Waals surface area contributed by atoms with Gasteiger partial charge in [0, 0.05) is 22.4 Å². The Morgan fingerprint density at radius 3 is 2.52 bits per heavy atom. The summed E-state index contributed by atoms with van der Waals surface area (Å²) in [6.45, 7) is 2.09. The fourth-order valence-corrected chi connectivity index (χ4v) is 4.00. The number of ether oxygens (including phenoxy) is 1. The molecular weight excluding hydrogens is 356 g/mol. The highest BCUT2D eigenvalue weighted by Crippen LogP contribution is 2.31. The normalized spacial score (nSPS) is 18.6. The van der Waals surface area contributed by atoms with Gasteiger partial charge in [-0.15, -0.1) is 0 Å². The van der Waals surface area contributed by atoms with Crippen molar-refractivity contribution in [3.63, 3.8) is 0 Å². The second-order valence-corrected chi connectivity index (χ2v) is 7.07. The summed E-state index contributed by atoms with van der Waals surface area (Å²) < 4.78 is 5.17. The van der Waals surface area contributed by atoms with Gasteiger partial charge in [0.1, 0.15) is 5.75 Å². The Labute approximate surface area is 156 Å². The van der Waals surface area contributed by atoms with Gasteiger partial charge in [-0.1, -0.05) is 30.3 Å². The average molecular weight is 375 g/mol. The van der Waals surface area contributed by atoms with Gasteiger partial charge >= 0.3 is 0 Å². The standard InChI is InChI=1S/C19H19ClN2O2S/c1-3-16-12-25-19(21-15-8-10-17(24-2)11-9-15)22(16)18(23)13-4-6-14(20)7-5-13/h4-11,16H,3,12H2,1-2H3/t16-/m1/s1. The molecular formula is C19H19ClN2O2S. The molecule has 130 valence electrons. The number of carbonyl (C=O) groups is 1. The van der Waals surface area contributed by atoms with Crippen molar-refractivity contribution in [1.29, 1.82) is 0 Å². The molecule has 2 aromatic carbocycles. The van der Waals surface area contributed by atoms with Crippen molar-refractivity contribution in [2.45, 2.75) is 19.4 Å². The minimum atomic E-state index is -0.0409. The molecule has 1 aliphatic rings. The first-order valence-electron chi connectivity index (χ1n) is 8.07. The summed E-state index contributed by atoms with van der Waals surface area (Å²) in [5.41, 5.74) is 1.42. The first-order chi connectivity index (χ1) is 12.1. The van der Waals surface area contributed by atoms with Crippen LogP contribution in [-0.2, 0) is 0 Å². The van der Waals surface area contributed by atoms with Crippen LogP contribution in [0.2, 0.25) is 5.02 Å². The van der Waals surface area contributed by atoms with Crippen LogP contribution >= 0.6 is 23.4 Å². The van der Waals surface area contributed by atoms with Crippen LogP contribution in [0.15, 0.2) is 53.5 Å². The van der Waals surface area contributed by atoms with Crippen LogP contribution in [0.3, 0.4) is 0 Å². The Hall–Kier alpha value is -1.98. The Kier molecular flexibility index (Phi) is 5.66. The fourth-order valence-electron chi connectivity index (χ4n) is 2.61. The van der Waals surface area contributed by atoms with Gasteiger partial charge in [0.15, 0.2) is 5.17 Å². The van der Waals surface area contributed by atoms with Gasteiger partial charge in [-0.25, -0.2) is 4.99 Å². The van der Waals surface area contributed by atoms with Crippen molar-refractivity contribution in [3.8, 4) is 5.75 Å². The number of methoxy groups -OCH3 is 1. The van der Waals surface area contributed by atoms with Gasteiger partial charge in [0.05, 0.1) is 12.8 Å². The van der Waals surface area contributed by atoms with Crippen LogP contribution in [0.25, 0.3) is 0 Å². The minimum absolute atomic E-state index is 0.0409. The zero-order valence-electron chi connectivity index (χ0n) is 14.1. The zero-order chi connectivity index (χ0) is 17.8. The summed E-state index contributed by atoms with van der Waals surface area (Å²) in [5.74, 6) is 1.59. The number of hydrogen-bond donors (Lipinski definition) is 0. The third-order valence-corrected chi connectivity index (χ3v) is 5.40. The molecule has 0 saturated carbocycles. The Bertz CT molecular complexity index is 775. The maximum atomic E-state index is 13.0. The molecule has 0 bridgehead atoms. The molecule has 0 aromatic heterocycles. The van der Waals surface area contributed by atoms with Crippen molar-refractivity contribution >= 4 is 40.1 Å². The third kappa shape index (κ3) is 3.99. The lowest BCUT2D eigenvalue weighted by molar-refractivity contribution is 0.0819. The fraction of sp³-hybridized carbons (Fsp3) is 0.263. The summed E-state index contributed by atoms with van der Waals surface area (Å²) >= 11 is 7.54. The van der Waals surface area contributed by atoms with Crippen LogP contribution in [-0.4, -0.2) is 34.9 Å². The molecule has 0 N–H and O–H groups in total. The van der Waals surface area contributed by atoms with E-state index in [4.69, 9.17) is 16.3 Å². The number of amides is 1. The van der Waals surface area contributed by atoms with E-state index in [9.17, 15) is 4.79 Å². The molecule has 6 heteroatoms. The predicted molar refractivity (Wildman–Crippen MR) is 104 cm³/mol. The molecule has 1 amide bonds. The first kappa shape index (κ1) is 17.8. The van der Waals surface area contributed by atoms with E-state index in [1.165, 1.54) is 0 Å². The maximum Gasteiger partial charge on any atom is 0.260 e. The molecule has 25 heavy (non-hydrogen) atoms. The Morgan fingerprint density at radius 1 is 1.24 bits per heavy atom. The predicted octanol–water partition coefficient (Wildman–Crippen LogP) is 5.00. The summed E-state index contributed by atoms with van der Waals surface area (Å²) in [5, 5.41) is 1.35. The molecule has 2 aromatic rings. The number of carbonyl (C=O) groups excluding carboxylic acids is 1. The van der Waals surface area contributed by atoms with Crippen LogP contribution in [0.4, 0.5) is 5.69 Å². The maximum absolute atomic E-state index is 13.0. The monoisotopic (exact) mass is 374 g/mol. The average Bonchev–Trinajstić information content (AvgIpc) is 3.05. The largest absolute Gasteiger partial charge is 0.497 e.